The summed E-state index contributed by atoms with van der Waals surface area (Å²) in [5.41, 5.74) is 0. The molecule has 3 heteroatoms. The van der Waals surface area contributed by atoms with E-state index in [0.29, 0.717) is 12.5 Å². The lowest BCUT2D eigenvalue weighted by Gasteiger charge is -2.32. The molecule has 0 aromatic rings. The Balaban J connectivity index is 1.66. The Morgan fingerprint density at radius 1 is 1.15 bits per heavy atom. The second-order valence-corrected chi connectivity index (χ2v) is 4.54. The molecule has 2 atom stereocenters. The van der Waals surface area contributed by atoms with Crippen LogP contribution in [0.5, 0.6) is 0 Å². The van der Waals surface area contributed by atoms with Crippen molar-refractivity contribution in [1.29, 1.82) is 0 Å². The van der Waals surface area contributed by atoms with Gasteiger partial charge in [-0.3, -0.25) is 0 Å². The van der Waals surface area contributed by atoms with Gasteiger partial charge in [0.05, 0.1) is 0 Å². The van der Waals surface area contributed by atoms with Crippen LogP contribution in [0.1, 0.15) is 6.42 Å². The van der Waals surface area contributed by atoms with Crippen LogP contribution in [-0.2, 0) is 0 Å². The lowest BCUT2D eigenvalue weighted by Crippen LogP contribution is -2.45. The van der Waals surface area contributed by atoms with Gasteiger partial charge in [-0.25, -0.2) is 0 Å². The van der Waals surface area contributed by atoms with E-state index >= 15 is 0 Å². The number of nitrogens with zero attached hydrogens (tertiary/aromatic N) is 2. The second-order valence-electron chi connectivity index (χ2n) is 4.54. The molecule has 2 fully saturated rings. The minimum Gasteiger partial charge on any atom is -0.396 e. The number of likely N-dealkylation sites (N-methyl/N-ethyl adjacent to an activating group) is 1. The Hall–Kier alpha value is -0.120. The molecule has 2 aliphatic rings. The molecule has 0 amide bonds. The number of hydrogen-bond donors (Lipinski definition) is 1. The Bertz CT molecular complexity index is 166. The third-order valence-corrected chi connectivity index (χ3v) is 3.39. The average Bonchev–Trinajstić information content (AvgIpc) is 2.88. The van der Waals surface area contributed by atoms with Crippen LogP contribution in [0.4, 0.5) is 0 Å². The normalized spacial score (nSPS) is 36.5. The van der Waals surface area contributed by atoms with Gasteiger partial charge in [-0.15, -0.1) is 0 Å². The van der Waals surface area contributed by atoms with E-state index in [-0.39, 0.29) is 0 Å². The third kappa shape index (κ3) is 2.42. The molecule has 0 bridgehead atoms. The molecule has 1 saturated carbocycles. The smallest absolute Gasteiger partial charge is 0.0462 e. The van der Waals surface area contributed by atoms with Crippen LogP contribution in [0.25, 0.3) is 0 Å². The predicted molar refractivity (Wildman–Crippen MR) is 52.6 cm³/mol. The van der Waals surface area contributed by atoms with Crippen molar-refractivity contribution >= 4 is 0 Å². The fourth-order valence-corrected chi connectivity index (χ4v) is 2.12. The topological polar surface area (TPSA) is 26.7 Å². The van der Waals surface area contributed by atoms with Gasteiger partial charge in [-0.2, -0.15) is 0 Å². The van der Waals surface area contributed by atoms with Gasteiger partial charge in [-0.1, -0.05) is 0 Å². The van der Waals surface area contributed by atoms with Crippen LogP contribution in [0, 0.1) is 11.8 Å². The van der Waals surface area contributed by atoms with Crippen LogP contribution in [0.3, 0.4) is 0 Å². The number of aliphatic hydroxyl groups is 1. The molecule has 76 valence electrons. The number of rotatable bonds is 3. The van der Waals surface area contributed by atoms with Crippen molar-refractivity contribution in [3.8, 4) is 0 Å². The quantitative estimate of drug-likeness (QED) is 0.661. The predicted octanol–water partition coefficient (Wildman–Crippen LogP) is -0.138. The highest BCUT2D eigenvalue weighted by molar-refractivity contribution is 4.88. The van der Waals surface area contributed by atoms with Crippen LogP contribution in [0.15, 0.2) is 0 Å². The van der Waals surface area contributed by atoms with Crippen molar-refractivity contribution in [2.45, 2.75) is 6.42 Å². The molecule has 3 nitrogen and oxygen atoms in total. The monoisotopic (exact) mass is 184 g/mol. The number of piperazine rings is 1. The maximum Gasteiger partial charge on any atom is 0.0462 e. The summed E-state index contributed by atoms with van der Waals surface area (Å²) < 4.78 is 0. The fraction of sp³-hybridized carbons (Fsp3) is 1.00. The molecule has 0 radical (unpaired) electrons. The molecule has 0 spiro atoms. The zero-order valence-electron chi connectivity index (χ0n) is 8.45. The first-order valence-corrected chi connectivity index (χ1v) is 5.31. The Kier molecular flexibility index (Phi) is 2.86. The largest absolute Gasteiger partial charge is 0.396 e. The van der Waals surface area contributed by atoms with Gasteiger partial charge < -0.3 is 14.9 Å². The highest BCUT2D eigenvalue weighted by Gasteiger charge is 2.37. The molecule has 0 aromatic carbocycles. The first-order valence-electron chi connectivity index (χ1n) is 5.31. The zero-order chi connectivity index (χ0) is 9.26. The summed E-state index contributed by atoms with van der Waals surface area (Å²) in [6, 6.07) is 0. The van der Waals surface area contributed by atoms with E-state index in [9.17, 15) is 0 Å². The lowest BCUT2D eigenvalue weighted by atomic mass is 10.2. The fourth-order valence-electron chi connectivity index (χ4n) is 2.12. The van der Waals surface area contributed by atoms with Crippen LogP contribution < -0.4 is 0 Å². The van der Waals surface area contributed by atoms with E-state index in [4.69, 9.17) is 5.11 Å². The van der Waals surface area contributed by atoms with Crippen molar-refractivity contribution in [2.24, 2.45) is 11.8 Å². The first kappa shape index (κ1) is 9.44. The maximum absolute atomic E-state index is 8.92. The maximum atomic E-state index is 8.92. The van der Waals surface area contributed by atoms with E-state index in [2.05, 4.69) is 16.8 Å². The molecule has 0 unspecified atom stereocenters. The van der Waals surface area contributed by atoms with Crippen molar-refractivity contribution < 1.29 is 5.11 Å². The highest BCUT2D eigenvalue weighted by atomic mass is 16.3. The number of hydrogen-bond acceptors (Lipinski definition) is 3. The summed E-state index contributed by atoms with van der Waals surface area (Å²) in [7, 11) is 2.19. The van der Waals surface area contributed by atoms with E-state index in [1.165, 1.54) is 39.1 Å². The summed E-state index contributed by atoms with van der Waals surface area (Å²) in [5.74, 6) is 1.42. The van der Waals surface area contributed by atoms with Gasteiger partial charge in [0.25, 0.3) is 0 Å². The summed E-state index contributed by atoms with van der Waals surface area (Å²) in [4.78, 5) is 4.92. The van der Waals surface area contributed by atoms with Crippen molar-refractivity contribution in [3.63, 3.8) is 0 Å². The van der Waals surface area contributed by atoms with Crippen LogP contribution >= 0.6 is 0 Å². The van der Waals surface area contributed by atoms with E-state index in [0.717, 1.165) is 5.92 Å². The Morgan fingerprint density at radius 2 is 1.85 bits per heavy atom. The molecule has 13 heavy (non-hydrogen) atoms. The summed E-state index contributed by atoms with van der Waals surface area (Å²) >= 11 is 0. The third-order valence-electron chi connectivity index (χ3n) is 3.39. The standard InChI is InChI=1S/C10H20N2O/c1-11-2-4-12(5-3-11)7-9-6-10(9)8-13/h9-10,13H,2-8H2,1H3/t9-,10-/m1/s1. The van der Waals surface area contributed by atoms with Gasteiger partial charge in [0.1, 0.15) is 0 Å². The van der Waals surface area contributed by atoms with Crippen LogP contribution in [-0.4, -0.2) is 61.3 Å². The van der Waals surface area contributed by atoms with Crippen molar-refractivity contribution in [1.82, 2.24) is 9.80 Å². The molecule has 0 aromatic heterocycles. The molecule has 1 aliphatic carbocycles. The summed E-state index contributed by atoms with van der Waals surface area (Å²) in [5, 5.41) is 8.92. The molecular weight excluding hydrogens is 164 g/mol. The van der Waals surface area contributed by atoms with Crippen molar-refractivity contribution in [2.75, 3.05) is 46.4 Å². The summed E-state index contributed by atoms with van der Waals surface area (Å²) in [6.07, 6.45) is 1.25. The van der Waals surface area contributed by atoms with Crippen LogP contribution in [0.2, 0.25) is 0 Å². The highest BCUT2D eigenvalue weighted by Crippen LogP contribution is 2.38. The van der Waals surface area contributed by atoms with E-state index in [1.807, 2.05) is 0 Å². The van der Waals surface area contributed by atoms with E-state index < -0.39 is 0 Å². The molecular formula is C10H20N2O. The minimum absolute atomic E-state index is 0.401. The van der Waals surface area contributed by atoms with Gasteiger partial charge in [0.2, 0.25) is 0 Å². The average molecular weight is 184 g/mol. The van der Waals surface area contributed by atoms with Gasteiger partial charge in [0, 0.05) is 39.3 Å². The number of aliphatic hydroxyl groups excluding tert-OH is 1. The summed E-state index contributed by atoms with van der Waals surface area (Å²) in [6.45, 7) is 6.46. The molecule has 1 heterocycles. The van der Waals surface area contributed by atoms with E-state index in [1.54, 1.807) is 0 Å². The zero-order valence-corrected chi connectivity index (χ0v) is 8.45. The van der Waals surface area contributed by atoms with Gasteiger partial charge in [0.15, 0.2) is 0 Å². The second kappa shape index (κ2) is 3.95. The lowest BCUT2D eigenvalue weighted by molar-refractivity contribution is 0.145. The molecule has 1 saturated heterocycles. The van der Waals surface area contributed by atoms with Gasteiger partial charge in [-0.05, 0) is 25.3 Å². The van der Waals surface area contributed by atoms with Crippen molar-refractivity contribution in [3.05, 3.63) is 0 Å². The Morgan fingerprint density at radius 3 is 2.38 bits per heavy atom. The minimum atomic E-state index is 0.401. The molecule has 1 aliphatic heterocycles. The first-order chi connectivity index (χ1) is 6.29. The SMILES string of the molecule is CN1CCN(C[C@H]2C[C@@H]2CO)CC1. The Labute approximate surface area is 80.3 Å². The molecule has 2 rings (SSSR count). The van der Waals surface area contributed by atoms with Gasteiger partial charge >= 0.3 is 0 Å². The molecule has 1 N–H and O–H groups in total.